The van der Waals surface area contributed by atoms with Crippen LogP contribution in [0.15, 0.2) is 23.1 Å². The molecule has 3 rings (SSSR count). The first kappa shape index (κ1) is 28.4. The van der Waals surface area contributed by atoms with Gasteiger partial charge in [0.1, 0.15) is 11.8 Å². The van der Waals surface area contributed by atoms with Crippen molar-refractivity contribution in [3.05, 3.63) is 29.3 Å². The number of ketones is 1. The molecule has 0 heterocycles. The Balaban J connectivity index is 0.000000246. The molecule has 0 aliphatic heterocycles. The van der Waals surface area contributed by atoms with E-state index in [0.29, 0.717) is 24.0 Å². The van der Waals surface area contributed by atoms with Gasteiger partial charge in [-0.25, -0.2) is 8.42 Å². The van der Waals surface area contributed by atoms with Crippen molar-refractivity contribution >= 4 is 31.9 Å². The van der Waals surface area contributed by atoms with Crippen LogP contribution in [0, 0.1) is 30.6 Å². The van der Waals surface area contributed by atoms with Crippen molar-refractivity contribution in [2.24, 2.45) is 22.5 Å². The minimum absolute atomic E-state index is 0.0152. The zero-order valence-electron chi connectivity index (χ0n) is 20.1. The first-order valence-corrected chi connectivity index (χ1v) is 14.0. The summed E-state index contributed by atoms with van der Waals surface area (Å²) < 4.78 is 62.3. The molecule has 4 N–H and O–H groups in total. The Morgan fingerprint density at radius 1 is 1.24 bits per heavy atom. The molecule has 0 saturated heterocycles. The number of esters is 1. The lowest BCUT2D eigenvalue weighted by molar-refractivity contribution is -0.142. The van der Waals surface area contributed by atoms with Crippen molar-refractivity contribution in [3.8, 4) is 0 Å². The maximum atomic E-state index is 12.3. The van der Waals surface area contributed by atoms with Crippen LogP contribution in [0.1, 0.15) is 44.2 Å². The monoisotopic (exact) mass is 518 g/mol. The molecule has 2 saturated carbocycles. The maximum Gasteiger partial charge on any atom is 0.325 e. The van der Waals surface area contributed by atoms with E-state index < -0.39 is 43.3 Å². The molecular formula is C22H34N2O8S2. The Labute approximate surface area is 201 Å². The highest BCUT2D eigenvalue weighted by Crippen LogP contribution is 2.64. The molecule has 0 radical (unpaired) electrons. The predicted molar refractivity (Wildman–Crippen MR) is 126 cm³/mol. The van der Waals surface area contributed by atoms with E-state index in [4.69, 9.17) is 10.3 Å². The molecule has 192 valence electrons. The lowest BCUT2D eigenvalue weighted by Gasteiger charge is -2.35. The Bertz CT molecular complexity index is 1140. The first-order chi connectivity index (χ1) is 15.5. The van der Waals surface area contributed by atoms with Crippen LogP contribution in [0.4, 0.5) is 0 Å². The van der Waals surface area contributed by atoms with Gasteiger partial charge in [0.25, 0.3) is 10.1 Å². The standard InChI is InChI=1S/C12H18N2O4S.C10H16O4S/c1-8-5-4-6-9(2)11(8)19(16,17)14-10(7-13)12(15)18-3;1-9(2)7-3-4-10(9,8(11)5-7)6-15(12,13)14/h4-6,10,14H,7,13H2,1-3H3;7H,3-6H2,1-2H3,(H,12,13,14)/t10-;/m0./s1. The van der Waals surface area contributed by atoms with E-state index in [1.807, 2.05) is 13.8 Å². The van der Waals surface area contributed by atoms with Crippen molar-refractivity contribution in [2.75, 3.05) is 19.4 Å². The zero-order chi connectivity index (χ0) is 26.1. The molecule has 0 aromatic heterocycles. The number of benzene rings is 1. The lowest BCUT2D eigenvalue weighted by atomic mass is 9.70. The fourth-order valence-corrected chi connectivity index (χ4v) is 8.19. The van der Waals surface area contributed by atoms with Gasteiger partial charge in [-0.3, -0.25) is 14.1 Å². The van der Waals surface area contributed by atoms with Gasteiger partial charge in [0.05, 0.1) is 23.2 Å². The Morgan fingerprint density at radius 3 is 2.18 bits per heavy atom. The van der Waals surface area contributed by atoms with E-state index in [1.165, 1.54) is 7.11 Å². The normalized spacial score (nSPS) is 24.3. The molecule has 2 aliphatic carbocycles. The van der Waals surface area contributed by atoms with E-state index in [0.717, 1.165) is 6.42 Å². The molecule has 2 fully saturated rings. The number of nitrogens with one attached hydrogen (secondary N) is 1. The average Bonchev–Trinajstić information content (AvgIpc) is 3.04. The summed E-state index contributed by atoms with van der Waals surface area (Å²) in [6.45, 7) is 7.10. The van der Waals surface area contributed by atoms with Crippen LogP contribution < -0.4 is 10.5 Å². The molecular weight excluding hydrogens is 484 g/mol. The highest BCUT2D eigenvalue weighted by atomic mass is 32.2. The second kappa shape index (κ2) is 10.0. The molecule has 0 spiro atoms. The fourth-order valence-electron chi connectivity index (χ4n) is 5.22. The highest BCUT2D eigenvalue weighted by molar-refractivity contribution is 7.89. The van der Waals surface area contributed by atoms with Gasteiger partial charge >= 0.3 is 5.97 Å². The van der Waals surface area contributed by atoms with Crippen molar-refractivity contribution < 1.29 is 35.7 Å². The molecule has 2 bridgehead atoms. The van der Waals surface area contributed by atoms with Gasteiger partial charge in [0.2, 0.25) is 10.0 Å². The molecule has 12 heteroatoms. The minimum atomic E-state index is -4.08. The third kappa shape index (κ3) is 5.51. The van der Waals surface area contributed by atoms with Crippen LogP contribution in [0.2, 0.25) is 0 Å². The van der Waals surface area contributed by atoms with Crippen LogP contribution >= 0.6 is 0 Å². The number of fused-ring (bicyclic) bond motifs is 2. The number of hydrogen-bond donors (Lipinski definition) is 3. The number of carbonyl (C=O) groups is 2. The van der Waals surface area contributed by atoms with Gasteiger partial charge in [-0.05, 0) is 49.1 Å². The summed E-state index contributed by atoms with van der Waals surface area (Å²) in [4.78, 5) is 23.4. The van der Waals surface area contributed by atoms with E-state index in [1.54, 1.807) is 32.0 Å². The van der Waals surface area contributed by atoms with Crippen LogP contribution in [-0.2, 0) is 34.5 Å². The molecule has 1 aromatic carbocycles. The second-order valence-corrected chi connectivity index (χ2v) is 12.6. The topological polar surface area (TPSA) is 170 Å². The lowest BCUT2D eigenvalue weighted by Crippen LogP contribution is -2.46. The van der Waals surface area contributed by atoms with E-state index in [-0.39, 0.29) is 28.6 Å². The van der Waals surface area contributed by atoms with Crippen molar-refractivity contribution in [2.45, 2.75) is 57.9 Å². The summed E-state index contributed by atoms with van der Waals surface area (Å²) in [5, 5.41) is 0. The molecule has 0 amide bonds. The number of sulfonamides is 1. The van der Waals surface area contributed by atoms with E-state index >= 15 is 0 Å². The number of carbonyl (C=O) groups excluding carboxylic acids is 2. The Morgan fingerprint density at radius 2 is 1.79 bits per heavy atom. The Hall–Kier alpha value is -1.86. The molecule has 34 heavy (non-hydrogen) atoms. The van der Waals surface area contributed by atoms with Crippen LogP contribution in [0.5, 0.6) is 0 Å². The largest absolute Gasteiger partial charge is 0.468 e. The minimum Gasteiger partial charge on any atom is -0.468 e. The van der Waals surface area contributed by atoms with Crippen LogP contribution in [-0.4, -0.2) is 58.6 Å². The number of rotatable bonds is 7. The van der Waals surface area contributed by atoms with Crippen molar-refractivity contribution in [1.29, 1.82) is 0 Å². The van der Waals surface area contributed by atoms with Gasteiger partial charge in [-0.15, -0.1) is 0 Å². The summed E-state index contributed by atoms with van der Waals surface area (Å²) in [5.41, 5.74) is 5.47. The summed E-state index contributed by atoms with van der Waals surface area (Å²) in [7, 11) is -6.72. The number of Topliss-reactive ketones (excluding diaryl/α,β-unsaturated/α-hetero) is 1. The van der Waals surface area contributed by atoms with E-state index in [9.17, 15) is 26.4 Å². The smallest absolute Gasteiger partial charge is 0.325 e. The summed E-state index contributed by atoms with van der Waals surface area (Å²) in [6, 6.07) is 4.06. The Kier molecular flexibility index (Phi) is 8.36. The summed E-state index contributed by atoms with van der Waals surface area (Å²) in [5.74, 6) is -0.812. The SMILES string of the molecule is CC1(C)C2CCC1(CS(=O)(=O)O)C(=O)C2.COC(=O)[C@H](CN)NS(=O)(=O)c1c(C)cccc1C. The molecule has 2 unspecified atom stereocenters. The van der Waals surface area contributed by atoms with Gasteiger partial charge in [-0.2, -0.15) is 13.1 Å². The number of aryl methyl sites for hydroxylation is 2. The van der Waals surface area contributed by atoms with Crippen molar-refractivity contribution in [3.63, 3.8) is 0 Å². The zero-order valence-corrected chi connectivity index (χ0v) is 21.8. The molecule has 1 aromatic rings. The summed E-state index contributed by atoms with van der Waals surface area (Å²) >= 11 is 0. The third-order valence-electron chi connectivity index (χ3n) is 7.26. The number of hydrogen-bond acceptors (Lipinski definition) is 8. The fraction of sp³-hybridized carbons (Fsp3) is 0.636. The predicted octanol–water partition coefficient (Wildman–Crippen LogP) is 1.35. The number of nitrogens with two attached hydrogens (primary N) is 1. The highest BCUT2D eigenvalue weighted by Gasteiger charge is 2.65. The average molecular weight is 519 g/mol. The maximum absolute atomic E-state index is 12.3. The van der Waals surface area contributed by atoms with E-state index in [2.05, 4.69) is 9.46 Å². The van der Waals surface area contributed by atoms with Gasteiger partial charge in [0.15, 0.2) is 0 Å². The second-order valence-electron chi connectivity index (χ2n) is 9.55. The van der Waals surface area contributed by atoms with Crippen molar-refractivity contribution in [1.82, 2.24) is 4.72 Å². The van der Waals surface area contributed by atoms with Crippen LogP contribution in [0.25, 0.3) is 0 Å². The molecule has 10 nitrogen and oxygen atoms in total. The summed E-state index contributed by atoms with van der Waals surface area (Å²) in [6.07, 6.45) is 1.97. The quantitative estimate of drug-likeness (QED) is 0.356. The third-order valence-corrected chi connectivity index (χ3v) is 9.90. The van der Waals surface area contributed by atoms with Crippen LogP contribution in [0.3, 0.4) is 0 Å². The first-order valence-electron chi connectivity index (χ1n) is 10.9. The number of methoxy groups -OCH3 is 1. The van der Waals surface area contributed by atoms with Gasteiger partial charge in [-0.1, -0.05) is 32.0 Å². The molecule has 2 aliphatic rings. The van der Waals surface area contributed by atoms with Gasteiger partial charge in [0, 0.05) is 13.0 Å². The van der Waals surface area contributed by atoms with Gasteiger partial charge < -0.3 is 10.5 Å². The molecule has 3 atom stereocenters. The number of ether oxygens (including phenoxy) is 1.